The van der Waals surface area contributed by atoms with E-state index in [1.807, 2.05) is 12.1 Å². The molecule has 0 bridgehead atoms. The smallest absolute Gasteiger partial charge is 0.137 e. The molecule has 2 rings (SSSR count). The molecule has 2 nitrogen and oxygen atoms in total. The fourth-order valence-corrected chi connectivity index (χ4v) is 3.66. The van der Waals surface area contributed by atoms with E-state index in [0.29, 0.717) is 10.5 Å². The molecule has 0 aromatic heterocycles. The van der Waals surface area contributed by atoms with E-state index in [9.17, 15) is 4.39 Å². The molecule has 0 aliphatic carbocycles. The monoisotopic (exact) mass is 356 g/mol. The molecule has 0 amide bonds. The van der Waals surface area contributed by atoms with Gasteiger partial charge in [0.1, 0.15) is 5.82 Å². The molecule has 1 aliphatic rings. The molecule has 0 saturated carbocycles. The largest absolute Gasteiger partial charge is 0.312 e. The quantitative estimate of drug-likeness (QED) is 0.828. The fourth-order valence-electron chi connectivity index (χ4n) is 3.23. The van der Waals surface area contributed by atoms with Crippen molar-refractivity contribution >= 4 is 15.9 Å². The Balaban J connectivity index is 2.15. The number of likely N-dealkylation sites (tertiary alicyclic amines) is 1. The SMILES string of the molecule is CCNC(Cc1ccc(F)c(Br)c1)C(C)(C)N1CCCC1. The lowest BCUT2D eigenvalue weighted by Crippen LogP contribution is -2.57. The van der Waals surface area contributed by atoms with Gasteiger partial charge in [-0.25, -0.2) is 4.39 Å². The minimum Gasteiger partial charge on any atom is -0.312 e. The average molecular weight is 357 g/mol. The van der Waals surface area contributed by atoms with Crippen molar-refractivity contribution in [3.63, 3.8) is 0 Å². The van der Waals surface area contributed by atoms with Crippen LogP contribution in [0.5, 0.6) is 0 Å². The van der Waals surface area contributed by atoms with E-state index in [-0.39, 0.29) is 11.4 Å². The first-order valence-electron chi connectivity index (χ1n) is 7.87. The Morgan fingerprint density at radius 1 is 1.33 bits per heavy atom. The van der Waals surface area contributed by atoms with Gasteiger partial charge in [-0.1, -0.05) is 13.0 Å². The van der Waals surface area contributed by atoms with Gasteiger partial charge in [0.15, 0.2) is 0 Å². The van der Waals surface area contributed by atoms with Gasteiger partial charge < -0.3 is 5.32 Å². The second-order valence-electron chi connectivity index (χ2n) is 6.41. The van der Waals surface area contributed by atoms with E-state index in [2.05, 4.69) is 46.9 Å². The van der Waals surface area contributed by atoms with Crippen molar-refractivity contribution in [3.05, 3.63) is 34.1 Å². The normalized spacial score (nSPS) is 18.1. The molecule has 0 radical (unpaired) electrons. The summed E-state index contributed by atoms with van der Waals surface area (Å²) >= 11 is 3.29. The summed E-state index contributed by atoms with van der Waals surface area (Å²) in [5.41, 5.74) is 1.27. The van der Waals surface area contributed by atoms with E-state index in [0.717, 1.165) is 13.0 Å². The third-order valence-corrected chi connectivity index (χ3v) is 5.26. The third-order valence-electron chi connectivity index (χ3n) is 4.65. The van der Waals surface area contributed by atoms with Crippen molar-refractivity contribution in [1.82, 2.24) is 10.2 Å². The predicted octanol–water partition coefficient (Wildman–Crippen LogP) is 3.98. The van der Waals surface area contributed by atoms with Crippen LogP contribution in [0.25, 0.3) is 0 Å². The second-order valence-corrected chi connectivity index (χ2v) is 7.27. The lowest BCUT2D eigenvalue weighted by atomic mass is 9.87. The lowest BCUT2D eigenvalue weighted by Gasteiger charge is -2.42. The van der Waals surface area contributed by atoms with Crippen LogP contribution in [-0.2, 0) is 6.42 Å². The van der Waals surface area contributed by atoms with Gasteiger partial charge in [-0.2, -0.15) is 0 Å². The van der Waals surface area contributed by atoms with Crippen LogP contribution in [0, 0.1) is 5.82 Å². The molecule has 1 fully saturated rings. The van der Waals surface area contributed by atoms with Gasteiger partial charge >= 0.3 is 0 Å². The van der Waals surface area contributed by atoms with Crippen molar-refractivity contribution in [3.8, 4) is 0 Å². The molecule has 1 unspecified atom stereocenters. The van der Waals surface area contributed by atoms with Crippen LogP contribution in [0.3, 0.4) is 0 Å². The predicted molar refractivity (Wildman–Crippen MR) is 90.2 cm³/mol. The van der Waals surface area contributed by atoms with Crippen molar-refractivity contribution < 1.29 is 4.39 Å². The Bertz CT molecular complexity index is 470. The maximum absolute atomic E-state index is 13.4. The molecule has 1 atom stereocenters. The van der Waals surface area contributed by atoms with Crippen LogP contribution in [0.4, 0.5) is 4.39 Å². The van der Waals surface area contributed by atoms with Gasteiger partial charge in [0.05, 0.1) is 4.47 Å². The second kappa shape index (κ2) is 7.21. The van der Waals surface area contributed by atoms with Gasteiger partial charge in [0, 0.05) is 11.6 Å². The van der Waals surface area contributed by atoms with E-state index < -0.39 is 0 Å². The zero-order chi connectivity index (χ0) is 15.5. The van der Waals surface area contributed by atoms with Crippen molar-refractivity contribution in [2.45, 2.75) is 51.6 Å². The summed E-state index contributed by atoms with van der Waals surface area (Å²) in [4.78, 5) is 2.58. The molecule has 1 heterocycles. The lowest BCUT2D eigenvalue weighted by molar-refractivity contribution is 0.107. The number of nitrogens with one attached hydrogen (secondary N) is 1. The molecular weight excluding hydrogens is 331 g/mol. The van der Waals surface area contributed by atoms with Crippen LogP contribution < -0.4 is 5.32 Å². The minimum absolute atomic E-state index is 0.105. The maximum Gasteiger partial charge on any atom is 0.137 e. The van der Waals surface area contributed by atoms with Gasteiger partial charge in [-0.15, -0.1) is 0 Å². The topological polar surface area (TPSA) is 15.3 Å². The van der Waals surface area contributed by atoms with E-state index in [1.165, 1.54) is 31.5 Å². The van der Waals surface area contributed by atoms with Crippen molar-refractivity contribution in [1.29, 1.82) is 0 Å². The number of rotatable bonds is 6. The highest BCUT2D eigenvalue weighted by Crippen LogP contribution is 2.27. The Morgan fingerprint density at radius 2 is 2.00 bits per heavy atom. The van der Waals surface area contributed by atoms with Crippen LogP contribution in [-0.4, -0.2) is 36.1 Å². The minimum atomic E-state index is -0.197. The Morgan fingerprint density at radius 3 is 2.57 bits per heavy atom. The van der Waals surface area contributed by atoms with Gasteiger partial charge in [-0.3, -0.25) is 4.90 Å². The van der Waals surface area contributed by atoms with Gasteiger partial charge in [0.2, 0.25) is 0 Å². The Labute approximate surface area is 136 Å². The first-order chi connectivity index (χ1) is 9.95. The molecule has 0 spiro atoms. The summed E-state index contributed by atoms with van der Waals surface area (Å²) in [5, 5.41) is 3.63. The molecule has 1 aliphatic heterocycles. The Hall–Kier alpha value is -0.450. The summed E-state index contributed by atoms with van der Waals surface area (Å²) in [7, 11) is 0. The van der Waals surface area contributed by atoms with E-state index in [4.69, 9.17) is 0 Å². The van der Waals surface area contributed by atoms with Crippen LogP contribution in [0.1, 0.15) is 39.2 Å². The molecule has 4 heteroatoms. The summed E-state index contributed by atoms with van der Waals surface area (Å²) in [6.45, 7) is 10.1. The maximum atomic E-state index is 13.4. The number of halogens is 2. The highest BCUT2D eigenvalue weighted by Gasteiger charge is 2.36. The highest BCUT2D eigenvalue weighted by molar-refractivity contribution is 9.10. The van der Waals surface area contributed by atoms with Crippen molar-refractivity contribution in [2.75, 3.05) is 19.6 Å². The number of benzene rings is 1. The highest BCUT2D eigenvalue weighted by atomic mass is 79.9. The van der Waals surface area contributed by atoms with Crippen LogP contribution >= 0.6 is 15.9 Å². The molecule has 1 aromatic rings. The first kappa shape index (κ1) is 16.9. The van der Waals surface area contributed by atoms with Crippen molar-refractivity contribution in [2.24, 2.45) is 0 Å². The standard InChI is InChI=1S/C17H26BrFN2/c1-4-20-16(17(2,3)21-9-5-6-10-21)12-13-7-8-15(19)14(18)11-13/h7-8,11,16,20H,4-6,9-10,12H2,1-3H3. The summed E-state index contributed by atoms with van der Waals surface area (Å²) in [5.74, 6) is -0.197. The average Bonchev–Trinajstić information content (AvgIpc) is 2.97. The van der Waals surface area contributed by atoms with Crippen LogP contribution in [0.15, 0.2) is 22.7 Å². The van der Waals surface area contributed by atoms with Gasteiger partial charge in [-0.05, 0) is 86.4 Å². The van der Waals surface area contributed by atoms with E-state index in [1.54, 1.807) is 6.07 Å². The Kier molecular flexibility index (Phi) is 5.81. The number of hydrogen-bond acceptors (Lipinski definition) is 2. The molecular formula is C17H26BrFN2. The number of likely N-dealkylation sites (N-methyl/N-ethyl adjacent to an activating group) is 1. The van der Waals surface area contributed by atoms with Gasteiger partial charge in [0.25, 0.3) is 0 Å². The van der Waals surface area contributed by atoms with E-state index >= 15 is 0 Å². The third kappa shape index (κ3) is 4.05. The fraction of sp³-hybridized carbons (Fsp3) is 0.647. The molecule has 21 heavy (non-hydrogen) atoms. The summed E-state index contributed by atoms with van der Waals surface area (Å²) in [6.07, 6.45) is 3.50. The molecule has 1 saturated heterocycles. The first-order valence-corrected chi connectivity index (χ1v) is 8.66. The molecule has 118 valence electrons. The molecule has 1 aromatic carbocycles. The summed E-state index contributed by atoms with van der Waals surface area (Å²) in [6, 6.07) is 5.70. The molecule has 1 N–H and O–H groups in total. The van der Waals surface area contributed by atoms with Crippen LogP contribution in [0.2, 0.25) is 0 Å². The summed E-state index contributed by atoms with van der Waals surface area (Å²) < 4.78 is 13.9. The number of nitrogens with zero attached hydrogens (tertiary/aromatic N) is 1. The zero-order valence-corrected chi connectivity index (χ0v) is 14.8. The zero-order valence-electron chi connectivity index (χ0n) is 13.3. The number of hydrogen-bond donors (Lipinski definition) is 1.